The maximum atomic E-state index is 11.3. The second kappa shape index (κ2) is 4.72. The van der Waals surface area contributed by atoms with Crippen molar-refractivity contribution in [2.45, 2.75) is 26.4 Å². The quantitative estimate of drug-likeness (QED) is 0.879. The van der Waals surface area contributed by atoms with Gasteiger partial charge in [-0.25, -0.2) is 0 Å². The third kappa shape index (κ3) is 2.90. The minimum absolute atomic E-state index is 0.102. The summed E-state index contributed by atoms with van der Waals surface area (Å²) in [5, 5.41) is 10.2. The number of carbonyl (C=O) groups is 1. The van der Waals surface area contributed by atoms with Gasteiger partial charge in [0.05, 0.1) is 0 Å². The summed E-state index contributed by atoms with van der Waals surface area (Å²) in [6, 6.07) is 7.32. The van der Waals surface area contributed by atoms with Crippen molar-refractivity contribution < 1.29 is 9.53 Å². The molecule has 2 rings (SSSR count). The summed E-state index contributed by atoms with van der Waals surface area (Å²) in [4.78, 5) is 11.3. The van der Waals surface area contributed by atoms with Crippen LogP contribution in [0.5, 0.6) is 5.75 Å². The van der Waals surface area contributed by atoms with Gasteiger partial charge in [-0.2, -0.15) is 15.4 Å². The first-order valence-corrected chi connectivity index (χ1v) is 5.87. The Bertz CT molecular complexity index is 599. The molecule has 1 aromatic carbocycles. The van der Waals surface area contributed by atoms with Gasteiger partial charge in [0, 0.05) is 5.56 Å². The molecule has 6 nitrogen and oxygen atoms in total. The monoisotopic (exact) mass is 260 g/mol. The van der Waals surface area contributed by atoms with Crippen LogP contribution in [0.4, 0.5) is 0 Å². The minimum atomic E-state index is -0.630. The fraction of sp³-hybridized carbons (Fsp3) is 0.308. The molecule has 0 spiro atoms. The number of nitrogens with zero attached hydrogens (tertiary/aromatic N) is 2. The third-order valence-corrected chi connectivity index (χ3v) is 2.34. The van der Waals surface area contributed by atoms with Crippen LogP contribution in [0.1, 0.15) is 31.3 Å². The van der Waals surface area contributed by atoms with Gasteiger partial charge < -0.3 is 10.5 Å². The molecule has 1 amide bonds. The number of ether oxygens (including phenoxy) is 1. The molecule has 1 heterocycles. The Morgan fingerprint density at radius 3 is 2.58 bits per heavy atom. The van der Waals surface area contributed by atoms with Crippen LogP contribution in [0, 0.1) is 0 Å². The van der Waals surface area contributed by atoms with Gasteiger partial charge in [0.1, 0.15) is 17.0 Å². The first-order valence-electron chi connectivity index (χ1n) is 5.87. The molecule has 0 unspecified atom stereocenters. The van der Waals surface area contributed by atoms with E-state index in [0.717, 1.165) is 0 Å². The molecule has 0 atom stereocenters. The zero-order chi connectivity index (χ0) is 14.0. The Kier molecular flexibility index (Phi) is 3.25. The number of aromatic nitrogens is 3. The minimum Gasteiger partial charge on any atom is -0.487 e. The average Bonchev–Trinajstić information content (AvgIpc) is 2.76. The van der Waals surface area contributed by atoms with Crippen LogP contribution in [0.15, 0.2) is 24.3 Å². The normalized spacial score (nSPS) is 11.3. The number of carbonyl (C=O) groups excluding carboxylic acids is 1. The van der Waals surface area contributed by atoms with Gasteiger partial charge in [-0.3, -0.25) is 4.79 Å². The van der Waals surface area contributed by atoms with Gasteiger partial charge in [0.25, 0.3) is 5.91 Å². The lowest BCUT2D eigenvalue weighted by atomic mass is 10.1. The number of hydrogen-bond acceptors (Lipinski definition) is 4. The summed E-state index contributed by atoms with van der Waals surface area (Å²) in [5.41, 5.74) is 6.10. The van der Waals surface area contributed by atoms with Crippen molar-refractivity contribution in [1.29, 1.82) is 0 Å². The number of H-pyrrole nitrogens is 1. The van der Waals surface area contributed by atoms with Crippen molar-refractivity contribution in [2.24, 2.45) is 5.73 Å². The number of amides is 1. The molecular formula is C13H16N4O2. The topological polar surface area (TPSA) is 93.9 Å². The fourth-order valence-corrected chi connectivity index (χ4v) is 1.67. The maximum absolute atomic E-state index is 11.3. The van der Waals surface area contributed by atoms with E-state index in [1.54, 1.807) is 0 Å². The van der Waals surface area contributed by atoms with Gasteiger partial charge in [-0.1, -0.05) is 12.1 Å². The van der Waals surface area contributed by atoms with E-state index in [1.807, 2.05) is 45.0 Å². The molecule has 0 aliphatic heterocycles. The molecule has 2 aromatic rings. The Balaban J connectivity index is 2.50. The maximum Gasteiger partial charge on any atom is 0.271 e. The molecular weight excluding hydrogens is 244 g/mol. The van der Waals surface area contributed by atoms with Crippen LogP contribution in [-0.2, 0) is 0 Å². The van der Waals surface area contributed by atoms with E-state index in [1.165, 1.54) is 0 Å². The molecule has 19 heavy (non-hydrogen) atoms. The summed E-state index contributed by atoms with van der Waals surface area (Å²) < 4.78 is 5.86. The van der Waals surface area contributed by atoms with Crippen molar-refractivity contribution in [2.75, 3.05) is 0 Å². The highest BCUT2D eigenvalue weighted by molar-refractivity contribution is 5.97. The van der Waals surface area contributed by atoms with Gasteiger partial charge in [-0.05, 0) is 32.9 Å². The standard InChI is InChI=1S/C13H16N4O2/c1-13(2,3)19-9-7-5-4-6-8(9)10-11(12(14)18)16-17-15-10/h4-7H,1-3H3,(H2,14,18)(H,15,16,17). The summed E-state index contributed by atoms with van der Waals surface area (Å²) >= 11 is 0. The van der Waals surface area contributed by atoms with Crippen LogP contribution in [0.25, 0.3) is 11.3 Å². The number of para-hydroxylation sites is 1. The number of primary amides is 1. The second-order valence-electron chi connectivity index (χ2n) is 5.10. The van der Waals surface area contributed by atoms with E-state index in [-0.39, 0.29) is 11.3 Å². The Labute approximate surface area is 111 Å². The fourth-order valence-electron chi connectivity index (χ4n) is 1.67. The number of nitrogens with two attached hydrogens (primary N) is 1. The molecule has 3 N–H and O–H groups in total. The smallest absolute Gasteiger partial charge is 0.271 e. The number of benzene rings is 1. The Hall–Kier alpha value is -2.37. The highest BCUT2D eigenvalue weighted by Gasteiger charge is 2.21. The van der Waals surface area contributed by atoms with Crippen LogP contribution >= 0.6 is 0 Å². The molecule has 6 heteroatoms. The predicted molar refractivity (Wildman–Crippen MR) is 70.7 cm³/mol. The summed E-state index contributed by atoms with van der Waals surface area (Å²) in [6.07, 6.45) is 0. The zero-order valence-electron chi connectivity index (χ0n) is 11.1. The van der Waals surface area contributed by atoms with Crippen molar-refractivity contribution >= 4 is 5.91 Å². The van der Waals surface area contributed by atoms with Crippen LogP contribution in [0.3, 0.4) is 0 Å². The number of nitrogens with one attached hydrogen (secondary N) is 1. The van der Waals surface area contributed by atoms with Crippen LogP contribution in [0.2, 0.25) is 0 Å². The predicted octanol–water partition coefficient (Wildman–Crippen LogP) is 1.75. The van der Waals surface area contributed by atoms with E-state index in [9.17, 15) is 4.79 Å². The molecule has 0 saturated heterocycles. The van der Waals surface area contributed by atoms with Crippen molar-refractivity contribution in [1.82, 2.24) is 15.4 Å². The highest BCUT2D eigenvalue weighted by atomic mass is 16.5. The van der Waals surface area contributed by atoms with Crippen molar-refractivity contribution in [3.63, 3.8) is 0 Å². The van der Waals surface area contributed by atoms with Gasteiger partial charge in [-0.15, -0.1) is 0 Å². The van der Waals surface area contributed by atoms with Crippen LogP contribution < -0.4 is 10.5 Å². The summed E-state index contributed by atoms with van der Waals surface area (Å²) in [5.74, 6) is 0.000659. The summed E-state index contributed by atoms with van der Waals surface area (Å²) in [7, 11) is 0. The number of aromatic amines is 1. The van der Waals surface area contributed by atoms with Crippen molar-refractivity contribution in [3.05, 3.63) is 30.0 Å². The van der Waals surface area contributed by atoms with E-state index in [4.69, 9.17) is 10.5 Å². The SMILES string of the molecule is CC(C)(C)Oc1ccccc1-c1n[nH]nc1C(N)=O. The highest BCUT2D eigenvalue weighted by Crippen LogP contribution is 2.32. The number of hydrogen-bond donors (Lipinski definition) is 2. The largest absolute Gasteiger partial charge is 0.487 e. The molecule has 0 aliphatic carbocycles. The number of rotatable bonds is 3. The van der Waals surface area contributed by atoms with E-state index < -0.39 is 5.91 Å². The first-order chi connectivity index (χ1) is 8.88. The van der Waals surface area contributed by atoms with Gasteiger partial charge in [0.15, 0.2) is 5.69 Å². The Morgan fingerprint density at radius 2 is 1.95 bits per heavy atom. The third-order valence-electron chi connectivity index (χ3n) is 2.34. The lowest BCUT2D eigenvalue weighted by molar-refractivity contribution is 0.0996. The zero-order valence-corrected chi connectivity index (χ0v) is 11.1. The molecule has 0 fully saturated rings. The molecule has 0 aliphatic rings. The van der Waals surface area contributed by atoms with E-state index in [2.05, 4.69) is 15.4 Å². The van der Waals surface area contributed by atoms with E-state index >= 15 is 0 Å². The second-order valence-corrected chi connectivity index (χ2v) is 5.10. The van der Waals surface area contributed by atoms with Gasteiger partial charge >= 0.3 is 0 Å². The van der Waals surface area contributed by atoms with Crippen LogP contribution in [-0.4, -0.2) is 26.9 Å². The summed E-state index contributed by atoms with van der Waals surface area (Å²) in [6.45, 7) is 5.84. The van der Waals surface area contributed by atoms with Crippen molar-refractivity contribution in [3.8, 4) is 17.0 Å². The molecule has 0 saturated carbocycles. The molecule has 1 aromatic heterocycles. The first kappa shape index (κ1) is 13.1. The van der Waals surface area contributed by atoms with Gasteiger partial charge in [0.2, 0.25) is 0 Å². The molecule has 0 bridgehead atoms. The molecule has 100 valence electrons. The lowest BCUT2D eigenvalue weighted by Crippen LogP contribution is -2.23. The Morgan fingerprint density at radius 1 is 1.26 bits per heavy atom. The van der Waals surface area contributed by atoms with E-state index in [0.29, 0.717) is 17.0 Å². The average molecular weight is 260 g/mol. The lowest BCUT2D eigenvalue weighted by Gasteiger charge is -2.22. The molecule has 0 radical (unpaired) electrons.